The van der Waals surface area contributed by atoms with Crippen molar-refractivity contribution in [3.63, 3.8) is 0 Å². The van der Waals surface area contributed by atoms with Gasteiger partial charge in [0.25, 0.3) is 0 Å². The zero-order valence-electron chi connectivity index (χ0n) is 11.5. The molecular formula is C14H17FN4O. The largest absolute Gasteiger partial charge is 0.497 e. The van der Waals surface area contributed by atoms with Crippen molar-refractivity contribution in [1.82, 2.24) is 9.97 Å². The first kappa shape index (κ1) is 14.0. The number of halogens is 1. The first-order valence-corrected chi connectivity index (χ1v) is 6.36. The molecule has 0 spiro atoms. The van der Waals surface area contributed by atoms with Gasteiger partial charge in [0.15, 0.2) is 11.6 Å². The van der Waals surface area contributed by atoms with Gasteiger partial charge in [-0.3, -0.25) is 0 Å². The predicted octanol–water partition coefficient (Wildman–Crippen LogP) is 2.67. The highest BCUT2D eigenvalue weighted by molar-refractivity contribution is 5.42. The van der Waals surface area contributed by atoms with E-state index in [0.717, 1.165) is 17.5 Å². The van der Waals surface area contributed by atoms with E-state index in [0.29, 0.717) is 19.0 Å². The molecule has 0 aliphatic heterocycles. The SMILES string of the molecule is CCNc1ncc(F)c(NCc2cccc(OC)c2)n1. The van der Waals surface area contributed by atoms with Crippen LogP contribution in [-0.2, 0) is 6.54 Å². The minimum atomic E-state index is -0.477. The average molecular weight is 276 g/mol. The Bertz CT molecular complexity index is 577. The molecule has 5 nitrogen and oxygen atoms in total. The number of rotatable bonds is 6. The summed E-state index contributed by atoms with van der Waals surface area (Å²) in [6.45, 7) is 3.06. The van der Waals surface area contributed by atoms with Crippen molar-refractivity contribution in [2.24, 2.45) is 0 Å². The standard InChI is InChI=1S/C14H17FN4O/c1-3-16-14-18-9-12(15)13(19-14)17-8-10-5-4-6-11(7-10)20-2/h4-7,9H,3,8H2,1-2H3,(H2,16,17,18,19). The molecule has 6 heteroatoms. The fourth-order valence-corrected chi connectivity index (χ4v) is 1.70. The van der Waals surface area contributed by atoms with E-state index < -0.39 is 5.82 Å². The Morgan fingerprint density at radius 2 is 2.15 bits per heavy atom. The summed E-state index contributed by atoms with van der Waals surface area (Å²) in [5.41, 5.74) is 0.979. The summed E-state index contributed by atoms with van der Waals surface area (Å²) in [7, 11) is 1.61. The quantitative estimate of drug-likeness (QED) is 0.849. The zero-order valence-corrected chi connectivity index (χ0v) is 11.5. The number of anilines is 2. The van der Waals surface area contributed by atoms with Crippen molar-refractivity contribution < 1.29 is 9.13 Å². The number of aromatic nitrogens is 2. The van der Waals surface area contributed by atoms with Crippen LogP contribution < -0.4 is 15.4 Å². The molecule has 0 saturated heterocycles. The van der Waals surface area contributed by atoms with E-state index in [9.17, 15) is 4.39 Å². The van der Waals surface area contributed by atoms with Crippen LogP contribution in [-0.4, -0.2) is 23.6 Å². The third-order valence-electron chi connectivity index (χ3n) is 2.67. The third kappa shape index (κ3) is 3.57. The number of hydrogen-bond acceptors (Lipinski definition) is 5. The normalized spacial score (nSPS) is 10.2. The van der Waals surface area contributed by atoms with E-state index in [1.165, 1.54) is 0 Å². The van der Waals surface area contributed by atoms with Crippen molar-refractivity contribution in [2.45, 2.75) is 13.5 Å². The molecule has 2 N–H and O–H groups in total. The topological polar surface area (TPSA) is 59.1 Å². The lowest BCUT2D eigenvalue weighted by atomic mass is 10.2. The molecule has 0 aliphatic rings. The van der Waals surface area contributed by atoms with E-state index in [-0.39, 0.29) is 5.82 Å². The molecule has 20 heavy (non-hydrogen) atoms. The highest BCUT2D eigenvalue weighted by Crippen LogP contribution is 2.16. The Labute approximate surface area is 117 Å². The summed E-state index contributed by atoms with van der Waals surface area (Å²) < 4.78 is 18.8. The van der Waals surface area contributed by atoms with Gasteiger partial charge in [-0.05, 0) is 24.6 Å². The Morgan fingerprint density at radius 1 is 1.30 bits per heavy atom. The van der Waals surface area contributed by atoms with Gasteiger partial charge in [0.05, 0.1) is 13.3 Å². The molecule has 2 aromatic rings. The van der Waals surface area contributed by atoms with Crippen molar-refractivity contribution in [3.8, 4) is 5.75 Å². The van der Waals surface area contributed by atoms with Crippen molar-refractivity contribution >= 4 is 11.8 Å². The number of methoxy groups -OCH3 is 1. The maximum Gasteiger partial charge on any atom is 0.224 e. The van der Waals surface area contributed by atoms with E-state index >= 15 is 0 Å². The smallest absolute Gasteiger partial charge is 0.224 e. The Balaban J connectivity index is 2.07. The summed E-state index contributed by atoms with van der Waals surface area (Å²) in [6, 6.07) is 7.56. The number of nitrogens with zero attached hydrogens (tertiary/aromatic N) is 2. The Morgan fingerprint density at radius 3 is 2.90 bits per heavy atom. The maximum atomic E-state index is 13.6. The average Bonchev–Trinajstić information content (AvgIpc) is 2.48. The second-order valence-corrected chi connectivity index (χ2v) is 4.13. The molecule has 0 amide bonds. The molecule has 0 bridgehead atoms. The molecule has 106 valence electrons. The third-order valence-corrected chi connectivity index (χ3v) is 2.67. The lowest BCUT2D eigenvalue weighted by Crippen LogP contribution is -2.08. The van der Waals surface area contributed by atoms with Crippen LogP contribution in [0.1, 0.15) is 12.5 Å². The highest BCUT2D eigenvalue weighted by Gasteiger charge is 2.06. The molecule has 0 atom stereocenters. The molecule has 1 heterocycles. The first-order chi connectivity index (χ1) is 9.72. The van der Waals surface area contributed by atoms with Crippen LogP contribution in [0.2, 0.25) is 0 Å². The minimum Gasteiger partial charge on any atom is -0.497 e. The minimum absolute atomic E-state index is 0.179. The van der Waals surface area contributed by atoms with Crippen LogP contribution in [0, 0.1) is 5.82 Å². The number of hydrogen-bond donors (Lipinski definition) is 2. The molecule has 1 aromatic carbocycles. The molecule has 0 fully saturated rings. The number of nitrogens with one attached hydrogen (secondary N) is 2. The van der Waals surface area contributed by atoms with Gasteiger partial charge in [-0.25, -0.2) is 9.37 Å². The zero-order chi connectivity index (χ0) is 14.4. The lowest BCUT2D eigenvalue weighted by Gasteiger charge is -2.09. The predicted molar refractivity (Wildman–Crippen MR) is 76.5 cm³/mol. The van der Waals surface area contributed by atoms with Crippen LogP contribution in [0.25, 0.3) is 0 Å². The molecule has 1 aromatic heterocycles. The molecule has 0 aliphatic carbocycles. The highest BCUT2D eigenvalue weighted by atomic mass is 19.1. The van der Waals surface area contributed by atoms with E-state index in [4.69, 9.17) is 4.74 Å². The molecule has 2 rings (SSSR count). The van der Waals surface area contributed by atoms with Crippen LogP contribution >= 0.6 is 0 Å². The van der Waals surface area contributed by atoms with Gasteiger partial charge >= 0.3 is 0 Å². The summed E-state index contributed by atoms with van der Waals surface area (Å²) in [4.78, 5) is 7.93. The van der Waals surface area contributed by atoms with E-state index in [1.807, 2.05) is 31.2 Å². The first-order valence-electron chi connectivity index (χ1n) is 6.36. The maximum absolute atomic E-state index is 13.6. The lowest BCUT2D eigenvalue weighted by molar-refractivity contribution is 0.414. The van der Waals surface area contributed by atoms with Crippen LogP contribution in [0.5, 0.6) is 5.75 Å². The number of benzene rings is 1. The molecule has 0 saturated carbocycles. The summed E-state index contributed by atoms with van der Waals surface area (Å²) in [5.74, 6) is 0.871. The monoisotopic (exact) mass is 276 g/mol. The van der Waals surface area contributed by atoms with Crippen LogP contribution in [0.4, 0.5) is 16.2 Å². The van der Waals surface area contributed by atoms with Crippen molar-refractivity contribution in [1.29, 1.82) is 0 Å². The summed E-state index contributed by atoms with van der Waals surface area (Å²) in [6.07, 6.45) is 1.15. The van der Waals surface area contributed by atoms with Crippen LogP contribution in [0.3, 0.4) is 0 Å². The summed E-state index contributed by atoms with van der Waals surface area (Å²) in [5, 5.41) is 5.90. The fraction of sp³-hybridized carbons (Fsp3) is 0.286. The molecular weight excluding hydrogens is 259 g/mol. The fourth-order valence-electron chi connectivity index (χ4n) is 1.70. The van der Waals surface area contributed by atoms with Crippen molar-refractivity contribution in [2.75, 3.05) is 24.3 Å². The van der Waals surface area contributed by atoms with Gasteiger partial charge in [0.2, 0.25) is 5.95 Å². The van der Waals surface area contributed by atoms with Gasteiger partial charge in [0, 0.05) is 13.1 Å². The van der Waals surface area contributed by atoms with Gasteiger partial charge in [-0.1, -0.05) is 12.1 Å². The summed E-state index contributed by atoms with van der Waals surface area (Å²) >= 11 is 0. The molecule has 0 radical (unpaired) electrons. The van der Waals surface area contributed by atoms with Gasteiger partial charge in [0.1, 0.15) is 5.75 Å². The second-order valence-electron chi connectivity index (χ2n) is 4.13. The second kappa shape index (κ2) is 6.70. The van der Waals surface area contributed by atoms with E-state index in [2.05, 4.69) is 20.6 Å². The van der Waals surface area contributed by atoms with E-state index in [1.54, 1.807) is 7.11 Å². The Kier molecular flexibility index (Phi) is 4.70. The number of ether oxygens (including phenoxy) is 1. The van der Waals surface area contributed by atoms with Gasteiger partial charge in [-0.15, -0.1) is 0 Å². The van der Waals surface area contributed by atoms with Gasteiger partial charge in [-0.2, -0.15) is 4.98 Å². The van der Waals surface area contributed by atoms with Gasteiger partial charge < -0.3 is 15.4 Å². The van der Waals surface area contributed by atoms with Crippen molar-refractivity contribution in [3.05, 3.63) is 41.8 Å². The Hall–Kier alpha value is -2.37. The van der Waals surface area contributed by atoms with Crippen LogP contribution in [0.15, 0.2) is 30.5 Å². The molecule has 0 unspecified atom stereocenters.